The van der Waals surface area contributed by atoms with Gasteiger partial charge in [-0.2, -0.15) is 21.3 Å². The summed E-state index contributed by atoms with van der Waals surface area (Å²) < 4.78 is 26.5. The van der Waals surface area contributed by atoms with E-state index in [1.54, 1.807) is 18.8 Å². The number of nitriles is 1. The van der Waals surface area contributed by atoms with Gasteiger partial charge in [-0.05, 0) is 30.9 Å². The number of hydrogen-bond donors (Lipinski definition) is 1. The van der Waals surface area contributed by atoms with Crippen molar-refractivity contribution in [2.24, 2.45) is 0 Å². The van der Waals surface area contributed by atoms with Crippen LogP contribution < -0.4 is 5.73 Å². The molecule has 0 aliphatic carbocycles. The van der Waals surface area contributed by atoms with Crippen LogP contribution in [0.15, 0.2) is 23.1 Å². The van der Waals surface area contributed by atoms with Crippen molar-refractivity contribution < 1.29 is 8.42 Å². The van der Waals surface area contributed by atoms with Crippen molar-refractivity contribution in [3.05, 3.63) is 23.8 Å². The van der Waals surface area contributed by atoms with Gasteiger partial charge in [0.2, 0.25) is 10.0 Å². The lowest BCUT2D eigenvalue weighted by atomic mass is 10.2. The molecule has 1 atom stereocenters. The Balaban J connectivity index is 3.19. The van der Waals surface area contributed by atoms with Crippen molar-refractivity contribution in [2.75, 3.05) is 24.8 Å². The zero-order chi connectivity index (χ0) is 15.3. The molecular formula is C13H19N3O2S2. The van der Waals surface area contributed by atoms with Gasteiger partial charge in [0.05, 0.1) is 17.3 Å². The largest absolute Gasteiger partial charge is 0.398 e. The molecule has 0 aliphatic heterocycles. The standard InChI is InChI=1S/C13H19N3O2S2/c1-4-11(9-19-3)16(2)20(17,18)13-6-5-10(8-14)7-12(13)15/h5-7,11H,4,9,15H2,1-3H3. The second kappa shape index (κ2) is 6.97. The molecule has 1 unspecified atom stereocenters. The number of benzene rings is 1. The highest BCUT2D eigenvalue weighted by Crippen LogP contribution is 2.25. The van der Waals surface area contributed by atoms with Gasteiger partial charge in [0, 0.05) is 18.8 Å². The summed E-state index contributed by atoms with van der Waals surface area (Å²) in [4.78, 5) is 0.0542. The Morgan fingerprint density at radius 3 is 2.60 bits per heavy atom. The predicted molar refractivity (Wildman–Crippen MR) is 83.0 cm³/mol. The molecule has 0 aromatic heterocycles. The van der Waals surface area contributed by atoms with Gasteiger partial charge in [-0.15, -0.1) is 0 Å². The molecule has 1 aromatic rings. The van der Waals surface area contributed by atoms with Crippen molar-refractivity contribution in [3.63, 3.8) is 0 Å². The summed E-state index contributed by atoms with van der Waals surface area (Å²) in [5, 5.41) is 8.79. The van der Waals surface area contributed by atoms with E-state index in [0.29, 0.717) is 5.56 Å². The van der Waals surface area contributed by atoms with Gasteiger partial charge in [-0.25, -0.2) is 8.42 Å². The zero-order valence-electron chi connectivity index (χ0n) is 11.8. The molecule has 1 aromatic carbocycles. The summed E-state index contributed by atoms with van der Waals surface area (Å²) >= 11 is 1.60. The van der Waals surface area contributed by atoms with Crippen LogP contribution in [-0.4, -0.2) is 37.8 Å². The molecule has 0 fully saturated rings. The molecule has 5 nitrogen and oxygen atoms in total. The molecule has 0 aliphatic rings. The molecular weight excluding hydrogens is 294 g/mol. The fraction of sp³-hybridized carbons (Fsp3) is 0.462. The number of nitrogens with zero attached hydrogens (tertiary/aromatic N) is 2. The van der Waals surface area contributed by atoms with Gasteiger partial charge < -0.3 is 5.73 Å². The minimum absolute atomic E-state index is 0.0542. The second-order valence-corrected chi connectivity index (χ2v) is 7.28. The maximum atomic E-state index is 12.6. The van der Waals surface area contributed by atoms with Crippen molar-refractivity contribution in [3.8, 4) is 6.07 Å². The van der Waals surface area contributed by atoms with E-state index in [2.05, 4.69) is 0 Å². The van der Waals surface area contributed by atoms with Gasteiger partial charge in [0.25, 0.3) is 0 Å². The first-order chi connectivity index (χ1) is 9.38. The van der Waals surface area contributed by atoms with Crippen molar-refractivity contribution in [2.45, 2.75) is 24.3 Å². The molecule has 7 heteroatoms. The van der Waals surface area contributed by atoms with Crippen molar-refractivity contribution >= 4 is 27.5 Å². The van der Waals surface area contributed by atoms with Crippen LogP contribution in [0.25, 0.3) is 0 Å². The van der Waals surface area contributed by atoms with Crippen LogP contribution >= 0.6 is 11.8 Å². The van der Waals surface area contributed by atoms with E-state index in [1.165, 1.54) is 22.5 Å². The first-order valence-electron chi connectivity index (χ1n) is 6.15. The second-order valence-electron chi connectivity index (χ2n) is 4.40. The molecule has 0 saturated heterocycles. The maximum absolute atomic E-state index is 12.6. The molecule has 0 bridgehead atoms. The highest BCUT2D eigenvalue weighted by molar-refractivity contribution is 7.98. The summed E-state index contributed by atoms with van der Waals surface area (Å²) in [5.74, 6) is 0.725. The van der Waals surface area contributed by atoms with E-state index in [9.17, 15) is 8.42 Å². The normalized spacial score (nSPS) is 13.2. The Kier molecular flexibility index (Phi) is 5.87. The Hall–Kier alpha value is -1.23. The minimum atomic E-state index is -3.64. The van der Waals surface area contributed by atoms with Gasteiger partial charge >= 0.3 is 0 Å². The molecule has 20 heavy (non-hydrogen) atoms. The van der Waals surface area contributed by atoms with Crippen LogP contribution in [0.1, 0.15) is 18.9 Å². The Labute approximate surface area is 124 Å². The van der Waals surface area contributed by atoms with E-state index < -0.39 is 10.0 Å². The van der Waals surface area contributed by atoms with E-state index >= 15 is 0 Å². The van der Waals surface area contributed by atoms with Crippen LogP contribution in [-0.2, 0) is 10.0 Å². The summed E-state index contributed by atoms with van der Waals surface area (Å²) in [5.41, 5.74) is 6.23. The third kappa shape index (κ3) is 3.45. The van der Waals surface area contributed by atoms with Crippen molar-refractivity contribution in [1.29, 1.82) is 5.26 Å². The van der Waals surface area contributed by atoms with E-state index in [0.717, 1.165) is 12.2 Å². The summed E-state index contributed by atoms with van der Waals surface area (Å²) in [7, 11) is -2.08. The third-order valence-corrected chi connectivity index (χ3v) is 5.84. The highest BCUT2D eigenvalue weighted by atomic mass is 32.2. The molecule has 0 radical (unpaired) electrons. The third-order valence-electron chi connectivity index (χ3n) is 3.14. The minimum Gasteiger partial charge on any atom is -0.398 e. The van der Waals surface area contributed by atoms with E-state index in [4.69, 9.17) is 11.0 Å². The lowest BCUT2D eigenvalue weighted by molar-refractivity contribution is 0.385. The van der Waals surface area contributed by atoms with Gasteiger partial charge in [-0.1, -0.05) is 6.92 Å². The van der Waals surface area contributed by atoms with E-state index in [-0.39, 0.29) is 16.6 Å². The molecule has 2 N–H and O–H groups in total. The number of anilines is 1. The summed E-state index contributed by atoms with van der Waals surface area (Å²) in [6, 6.07) is 6.10. The Morgan fingerprint density at radius 2 is 2.15 bits per heavy atom. The van der Waals surface area contributed by atoms with Gasteiger partial charge in [0.15, 0.2) is 0 Å². The average Bonchev–Trinajstić information content (AvgIpc) is 2.43. The molecule has 110 valence electrons. The van der Waals surface area contributed by atoms with Gasteiger partial charge in [0.1, 0.15) is 4.90 Å². The van der Waals surface area contributed by atoms with Crippen LogP contribution in [0.3, 0.4) is 0 Å². The fourth-order valence-electron chi connectivity index (χ4n) is 1.88. The highest BCUT2D eigenvalue weighted by Gasteiger charge is 2.28. The molecule has 0 heterocycles. The summed E-state index contributed by atoms with van der Waals surface area (Å²) in [6.45, 7) is 1.95. The molecule has 0 saturated carbocycles. The fourth-order valence-corrected chi connectivity index (χ4v) is 4.34. The SMILES string of the molecule is CCC(CSC)N(C)S(=O)(=O)c1ccc(C#N)cc1N. The first-order valence-corrected chi connectivity index (χ1v) is 8.98. The molecule has 0 amide bonds. The number of nitrogens with two attached hydrogens (primary N) is 1. The number of rotatable bonds is 6. The quantitative estimate of drug-likeness (QED) is 0.811. The zero-order valence-corrected chi connectivity index (χ0v) is 13.5. The molecule has 0 spiro atoms. The maximum Gasteiger partial charge on any atom is 0.245 e. The Morgan fingerprint density at radius 1 is 1.50 bits per heavy atom. The smallest absolute Gasteiger partial charge is 0.245 e. The van der Waals surface area contributed by atoms with Crippen LogP contribution in [0, 0.1) is 11.3 Å². The number of nitrogen functional groups attached to an aromatic ring is 1. The average molecular weight is 313 g/mol. The lowest BCUT2D eigenvalue weighted by Gasteiger charge is -2.26. The van der Waals surface area contributed by atoms with Crippen LogP contribution in [0.4, 0.5) is 5.69 Å². The lowest BCUT2D eigenvalue weighted by Crippen LogP contribution is -2.38. The topological polar surface area (TPSA) is 87.2 Å². The predicted octanol–water partition coefficient (Wildman–Crippen LogP) is 1.90. The van der Waals surface area contributed by atoms with Gasteiger partial charge in [-0.3, -0.25) is 0 Å². The number of thioether (sulfide) groups is 1. The number of hydrogen-bond acceptors (Lipinski definition) is 5. The first kappa shape index (κ1) is 16.8. The summed E-state index contributed by atoms with van der Waals surface area (Å²) in [6.07, 6.45) is 2.67. The van der Waals surface area contributed by atoms with Crippen LogP contribution in [0.2, 0.25) is 0 Å². The van der Waals surface area contributed by atoms with Crippen LogP contribution in [0.5, 0.6) is 0 Å². The number of sulfonamides is 1. The molecule has 1 rings (SSSR count). The monoisotopic (exact) mass is 313 g/mol. The van der Waals surface area contributed by atoms with Crippen molar-refractivity contribution in [1.82, 2.24) is 4.31 Å². The Bertz CT molecular complexity index is 609. The van der Waals surface area contributed by atoms with E-state index in [1.807, 2.05) is 19.2 Å².